The zero-order chi connectivity index (χ0) is 9.23. The van der Waals surface area contributed by atoms with Crippen LogP contribution in [0.15, 0.2) is 0 Å². The molecule has 3 nitrogen and oxygen atoms in total. The van der Waals surface area contributed by atoms with Crippen molar-refractivity contribution in [2.24, 2.45) is 0 Å². The van der Waals surface area contributed by atoms with Gasteiger partial charge in [-0.2, -0.15) is 0 Å². The monoisotopic (exact) mass is 168 g/mol. The van der Waals surface area contributed by atoms with E-state index in [0.717, 1.165) is 19.4 Å². The first-order valence-corrected chi connectivity index (χ1v) is 4.26. The molecule has 0 heterocycles. The lowest BCUT2D eigenvalue weighted by atomic mass is 10.3. The average Bonchev–Trinajstić information content (AvgIpc) is 2.06. The van der Waals surface area contributed by atoms with E-state index in [9.17, 15) is 4.79 Å². The van der Waals surface area contributed by atoms with E-state index in [1.807, 2.05) is 0 Å². The quantitative estimate of drug-likeness (QED) is 0.468. The van der Waals surface area contributed by atoms with E-state index in [2.05, 4.69) is 23.5 Å². The van der Waals surface area contributed by atoms with Crippen LogP contribution in [0.3, 0.4) is 0 Å². The zero-order valence-corrected chi connectivity index (χ0v) is 7.52. The molecule has 0 aromatic carbocycles. The van der Waals surface area contributed by atoms with E-state index in [4.69, 9.17) is 6.42 Å². The van der Waals surface area contributed by atoms with Crippen LogP contribution in [0.2, 0.25) is 0 Å². The first-order valence-electron chi connectivity index (χ1n) is 4.26. The highest BCUT2D eigenvalue weighted by Gasteiger charge is 1.95. The fourth-order valence-electron chi connectivity index (χ4n) is 0.689. The normalized spacial score (nSPS) is 8.67. The smallest absolute Gasteiger partial charge is 0.314 e. The largest absolute Gasteiger partial charge is 0.338 e. The van der Waals surface area contributed by atoms with E-state index in [1.165, 1.54) is 0 Å². The first-order chi connectivity index (χ1) is 5.81. The van der Waals surface area contributed by atoms with Crippen LogP contribution in [0.1, 0.15) is 26.2 Å². The Bertz CT molecular complexity index is 160. The number of rotatable bonds is 5. The number of urea groups is 1. The van der Waals surface area contributed by atoms with E-state index in [0.29, 0.717) is 13.0 Å². The molecular weight excluding hydrogens is 152 g/mol. The lowest BCUT2D eigenvalue weighted by molar-refractivity contribution is 0.241. The van der Waals surface area contributed by atoms with Crippen molar-refractivity contribution in [1.29, 1.82) is 0 Å². The summed E-state index contributed by atoms with van der Waals surface area (Å²) in [5.41, 5.74) is 0. The number of carbonyl (C=O) groups is 1. The predicted molar refractivity (Wildman–Crippen MR) is 49.8 cm³/mol. The summed E-state index contributed by atoms with van der Waals surface area (Å²) in [7, 11) is 0. The summed E-state index contributed by atoms with van der Waals surface area (Å²) in [6.07, 6.45) is 7.70. The van der Waals surface area contributed by atoms with Gasteiger partial charge in [0.1, 0.15) is 0 Å². The van der Waals surface area contributed by atoms with Gasteiger partial charge < -0.3 is 10.6 Å². The summed E-state index contributed by atoms with van der Waals surface area (Å²) in [5.74, 6) is 2.45. The molecule has 0 aliphatic rings. The zero-order valence-electron chi connectivity index (χ0n) is 7.52. The molecule has 0 radical (unpaired) electrons. The Balaban J connectivity index is 3.17. The molecule has 0 aliphatic carbocycles. The minimum absolute atomic E-state index is 0.126. The van der Waals surface area contributed by atoms with Gasteiger partial charge in [0.25, 0.3) is 0 Å². The van der Waals surface area contributed by atoms with Gasteiger partial charge in [-0.25, -0.2) is 4.79 Å². The highest BCUT2D eigenvalue weighted by Crippen LogP contribution is 1.81. The highest BCUT2D eigenvalue weighted by molar-refractivity contribution is 5.73. The van der Waals surface area contributed by atoms with Gasteiger partial charge in [-0.3, -0.25) is 0 Å². The Morgan fingerprint density at radius 1 is 1.42 bits per heavy atom. The number of nitrogens with one attached hydrogen (secondary N) is 2. The summed E-state index contributed by atoms with van der Waals surface area (Å²) in [6, 6.07) is -0.126. The standard InChI is InChI=1S/C9H16N2O/c1-3-5-7-10-9(12)11-8-6-4-2/h1H,4-8H2,2H3,(H2,10,11,12). The van der Waals surface area contributed by atoms with Crippen molar-refractivity contribution in [2.75, 3.05) is 13.1 Å². The molecule has 0 saturated heterocycles. The molecule has 0 aromatic rings. The predicted octanol–water partition coefficient (Wildman–Crippen LogP) is 1.11. The van der Waals surface area contributed by atoms with Crippen LogP contribution in [-0.2, 0) is 0 Å². The van der Waals surface area contributed by atoms with Gasteiger partial charge in [0, 0.05) is 19.5 Å². The lowest BCUT2D eigenvalue weighted by Gasteiger charge is -2.04. The summed E-state index contributed by atoms with van der Waals surface area (Å²) < 4.78 is 0. The number of amides is 2. The molecule has 0 unspecified atom stereocenters. The molecule has 2 N–H and O–H groups in total. The highest BCUT2D eigenvalue weighted by atomic mass is 16.2. The van der Waals surface area contributed by atoms with Gasteiger partial charge in [0.15, 0.2) is 0 Å². The minimum atomic E-state index is -0.126. The second-order valence-electron chi connectivity index (χ2n) is 2.49. The first kappa shape index (κ1) is 10.8. The summed E-state index contributed by atoms with van der Waals surface area (Å²) in [4.78, 5) is 10.9. The Kier molecular flexibility index (Phi) is 7.16. The van der Waals surface area contributed by atoms with E-state index in [-0.39, 0.29) is 6.03 Å². The van der Waals surface area contributed by atoms with E-state index < -0.39 is 0 Å². The van der Waals surface area contributed by atoms with Crippen molar-refractivity contribution in [3.05, 3.63) is 0 Å². The van der Waals surface area contributed by atoms with Crippen molar-refractivity contribution >= 4 is 6.03 Å². The van der Waals surface area contributed by atoms with Gasteiger partial charge in [0.2, 0.25) is 0 Å². The van der Waals surface area contributed by atoms with Crippen molar-refractivity contribution < 1.29 is 4.79 Å². The molecule has 0 rings (SSSR count). The second-order valence-corrected chi connectivity index (χ2v) is 2.49. The number of hydrogen-bond acceptors (Lipinski definition) is 1. The molecule has 0 aromatic heterocycles. The molecular formula is C9H16N2O. The van der Waals surface area contributed by atoms with E-state index in [1.54, 1.807) is 0 Å². The van der Waals surface area contributed by atoms with Crippen LogP contribution in [0, 0.1) is 12.3 Å². The third kappa shape index (κ3) is 6.94. The number of carbonyl (C=O) groups excluding carboxylic acids is 1. The van der Waals surface area contributed by atoms with Gasteiger partial charge in [-0.1, -0.05) is 13.3 Å². The number of unbranched alkanes of at least 4 members (excludes halogenated alkanes) is 1. The molecule has 0 saturated carbocycles. The van der Waals surface area contributed by atoms with Crippen LogP contribution >= 0.6 is 0 Å². The van der Waals surface area contributed by atoms with Gasteiger partial charge in [0.05, 0.1) is 0 Å². The van der Waals surface area contributed by atoms with Crippen LogP contribution in [0.4, 0.5) is 4.79 Å². The van der Waals surface area contributed by atoms with Crippen LogP contribution in [-0.4, -0.2) is 19.1 Å². The van der Waals surface area contributed by atoms with Crippen molar-refractivity contribution in [3.63, 3.8) is 0 Å². The van der Waals surface area contributed by atoms with Crippen molar-refractivity contribution in [2.45, 2.75) is 26.2 Å². The molecule has 12 heavy (non-hydrogen) atoms. The molecule has 68 valence electrons. The summed E-state index contributed by atoms with van der Waals surface area (Å²) in [5, 5.41) is 5.37. The third-order valence-corrected chi connectivity index (χ3v) is 1.37. The fourth-order valence-corrected chi connectivity index (χ4v) is 0.689. The third-order valence-electron chi connectivity index (χ3n) is 1.37. The molecule has 0 spiro atoms. The Hall–Kier alpha value is -1.17. The van der Waals surface area contributed by atoms with E-state index >= 15 is 0 Å². The molecule has 0 aliphatic heterocycles. The van der Waals surface area contributed by atoms with Crippen LogP contribution in [0.25, 0.3) is 0 Å². The maximum atomic E-state index is 10.9. The Morgan fingerprint density at radius 2 is 2.08 bits per heavy atom. The number of terminal acetylenes is 1. The SMILES string of the molecule is C#CCCNC(=O)NCCCC. The second kappa shape index (κ2) is 7.93. The maximum absolute atomic E-state index is 10.9. The van der Waals surface area contributed by atoms with Crippen molar-refractivity contribution in [3.8, 4) is 12.3 Å². The van der Waals surface area contributed by atoms with Crippen molar-refractivity contribution in [1.82, 2.24) is 10.6 Å². The summed E-state index contributed by atoms with van der Waals surface area (Å²) in [6.45, 7) is 3.37. The van der Waals surface area contributed by atoms with Gasteiger partial charge >= 0.3 is 6.03 Å². The maximum Gasteiger partial charge on any atom is 0.314 e. The molecule has 2 amide bonds. The molecule has 0 atom stereocenters. The van der Waals surface area contributed by atoms with Gasteiger partial charge in [-0.05, 0) is 6.42 Å². The molecule has 0 bridgehead atoms. The fraction of sp³-hybridized carbons (Fsp3) is 0.667. The Labute approximate surface area is 73.9 Å². The minimum Gasteiger partial charge on any atom is -0.338 e. The molecule has 3 heteroatoms. The molecule has 0 fully saturated rings. The topological polar surface area (TPSA) is 41.1 Å². The number of hydrogen-bond donors (Lipinski definition) is 2. The lowest BCUT2D eigenvalue weighted by Crippen LogP contribution is -2.36. The van der Waals surface area contributed by atoms with Gasteiger partial charge in [-0.15, -0.1) is 12.3 Å². The average molecular weight is 168 g/mol. The Morgan fingerprint density at radius 3 is 2.67 bits per heavy atom. The van der Waals surface area contributed by atoms with Crippen LogP contribution < -0.4 is 10.6 Å². The summed E-state index contributed by atoms with van der Waals surface area (Å²) >= 11 is 0. The van der Waals surface area contributed by atoms with Crippen LogP contribution in [0.5, 0.6) is 0 Å².